The number of methoxy groups -OCH3 is 1. The highest BCUT2D eigenvalue weighted by Gasteiger charge is 2.20. The summed E-state index contributed by atoms with van der Waals surface area (Å²) in [5.41, 5.74) is 1.66. The maximum Gasteiger partial charge on any atom is 0.262 e. The van der Waals surface area contributed by atoms with Crippen LogP contribution in [-0.2, 0) is 0 Å². The Bertz CT molecular complexity index is 1080. The lowest BCUT2D eigenvalue weighted by molar-refractivity contribution is 0.102. The number of furan rings is 1. The summed E-state index contributed by atoms with van der Waals surface area (Å²) < 4.78 is 10.9. The second-order valence-corrected chi connectivity index (χ2v) is 5.57. The number of H-pyrrole nitrogens is 1. The number of anilines is 1. The van der Waals surface area contributed by atoms with Gasteiger partial charge >= 0.3 is 0 Å². The number of aromatic amines is 1. The monoisotopic (exact) mass is 349 g/mol. The second kappa shape index (κ2) is 6.32. The van der Waals surface area contributed by atoms with Gasteiger partial charge in [0.05, 0.1) is 12.7 Å². The molecule has 2 N–H and O–H groups in total. The molecule has 0 atom stereocenters. The number of pyridine rings is 1. The molecule has 3 heterocycles. The Morgan fingerprint density at radius 3 is 2.92 bits per heavy atom. The molecule has 8 nitrogen and oxygen atoms in total. The van der Waals surface area contributed by atoms with E-state index in [0.29, 0.717) is 39.6 Å². The number of amides is 1. The van der Waals surface area contributed by atoms with E-state index in [9.17, 15) is 4.79 Å². The van der Waals surface area contributed by atoms with E-state index in [2.05, 4.69) is 25.5 Å². The standard InChI is InChI=1S/C18H15N5O3/c1-10-15(12-9-11(25-2)6-7-14(12)26-10)17(24)21-18-20-16(22-23-18)13-5-3-4-8-19-13/h3-9H,1-2H3,(H2,20,21,22,23,24). The zero-order valence-electron chi connectivity index (χ0n) is 14.1. The minimum Gasteiger partial charge on any atom is -0.497 e. The van der Waals surface area contributed by atoms with Gasteiger partial charge in [0.2, 0.25) is 5.95 Å². The lowest BCUT2D eigenvalue weighted by Crippen LogP contribution is -2.13. The summed E-state index contributed by atoms with van der Waals surface area (Å²) in [6.45, 7) is 1.73. The zero-order chi connectivity index (χ0) is 18.1. The van der Waals surface area contributed by atoms with Gasteiger partial charge in [0.15, 0.2) is 5.82 Å². The maximum absolute atomic E-state index is 12.7. The lowest BCUT2D eigenvalue weighted by atomic mass is 10.1. The van der Waals surface area contributed by atoms with Crippen molar-refractivity contribution in [2.24, 2.45) is 0 Å². The third-order valence-electron chi connectivity index (χ3n) is 3.92. The van der Waals surface area contributed by atoms with Crippen molar-refractivity contribution in [3.63, 3.8) is 0 Å². The molecule has 0 aliphatic heterocycles. The van der Waals surface area contributed by atoms with Crippen molar-refractivity contribution in [1.29, 1.82) is 0 Å². The number of carbonyl (C=O) groups excluding carboxylic acids is 1. The Labute approximate surface area is 148 Å². The number of rotatable bonds is 4. The minimum atomic E-state index is -0.360. The summed E-state index contributed by atoms with van der Waals surface area (Å²) in [7, 11) is 1.57. The van der Waals surface area contributed by atoms with Crippen LogP contribution in [0.25, 0.3) is 22.5 Å². The first-order valence-corrected chi connectivity index (χ1v) is 7.88. The average Bonchev–Trinajstić information content (AvgIpc) is 3.25. The van der Waals surface area contributed by atoms with E-state index in [0.717, 1.165) is 0 Å². The molecule has 0 bridgehead atoms. The second-order valence-electron chi connectivity index (χ2n) is 5.57. The van der Waals surface area contributed by atoms with Crippen molar-refractivity contribution in [3.8, 4) is 17.3 Å². The number of carbonyl (C=O) groups is 1. The van der Waals surface area contributed by atoms with Gasteiger partial charge < -0.3 is 9.15 Å². The highest BCUT2D eigenvalue weighted by molar-refractivity contribution is 6.13. The van der Waals surface area contributed by atoms with Crippen molar-refractivity contribution in [2.45, 2.75) is 6.92 Å². The van der Waals surface area contributed by atoms with E-state index in [1.54, 1.807) is 44.5 Å². The number of hydrogen-bond donors (Lipinski definition) is 2. The van der Waals surface area contributed by atoms with Gasteiger partial charge in [-0.25, -0.2) is 0 Å². The number of ether oxygens (including phenoxy) is 1. The number of aryl methyl sites for hydroxylation is 1. The van der Waals surface area contributed by atoms with Crippen LogP contribution in [0, 0.1) is 6.92 Å². The molecule has 1 aromatic carbocycles. The van der Waals surface area contributed by atoms with Gasteiger partial charge in [0.25, 0.3) is 5.91 Å². The quantitative estimate of drug-likeness (QED) is 0.586. The zero-order valence-corrected chi connectivity index (χ0v) is 14.1. The van der Waals surface area contributed by atoms with Gasteiger partial charge in [-0.1, -0.05) is 6.07 Å². The van der Waals surface area contributed by atoms with Gasteiger partial charge in [-0.05, 0) is 37.3 Å². The van der Waals surface area contributed by atoms with Gasteiger partial charge in [0.1, 0.15) is 22.8 Å². The molecule has 130 valence electrons. The Kier molecular flexibility index (Phi) is 3.85. The van der Waals surface area contributed by atoms with Crippen LogP contribution in [0.15, 0.2) is 47.0 Å². The largest absolute Gasteiger partial charge is 0.497 e. The van der Waals surface area contributed by atoms with Crippen molar-refractivity contribution in [3.05, 3.63) is 53.9 Å². The molecular formula is C18H15N5O3. The normalized spacial score (nSPS) is 10.8. The molecule has 0 spiro atoms. The SMILES string of the molecule is COc1ccc2oc(C)c(C(=O)Nc3n[nH]c(-c4ccccn4)n3)c2c1. The van der Waals surface area contributed by atoms with E-state index in [1.807, 2.05) is 12.1 Å². The van der Waals surface area contributed by atoms with Crippen molar-refractivity contribution in [1.82, 2.24) is 20.2 Å². The summed E-state index contributed by atoms with van der Waals surface area (Å²) in [4.78, 5) is 21.2. The van der Waals surface area contributed by atoms with Gasteiger partial charge in [-0.15, -0.1) is 5.10 Å². The van der Waals surface area contributed by atoms with Crippen molar-refractivity contribution >= 4 is 22.8 Å². The van der Waals surface area contributed by atoms with Crippen LogP contribution in [-0.4, -0.2) is 33.2 Å². The predicted octanol–water partition coefficient (Wildman–Crippen LogP) is 3.18. The van der Waals surface area contributed by atoms with Crippen LogP contribution >= 0.6 is 0 Å². The van der Waals surface area contributed by atoms with Gasteiger partial charge in [0, 0.05) is 11.6 Å². The summed E-state index contributed by atoms with van der Waals surface area (Å²) in [6, 6.07) is 10.8. The molecule has 0 aliphatic carbocycles. The smallest absolute Gasteiger partial charge is 0.262 e. The molecule has 3 aromatic heterocycles. The Morgan fingerprint density at radius 2 is 2.15 bits per heavy atom. The molecule has 0 fully saturated rings. The Hall–Kier alpha value is -3.68. The highest BCUT2D eigenvalue weighted by Crippen LogP contribution is 2.29. The Morgan fingerprint density at radius 1 is 1.27 bits per heavy atom. The number of hydrogen-bond acceptors (Lipinski definition) is 6. The average molecular weight is 349 g/mol. The van der Waals surface area contributed by atoms with Crippen LogP contribution in [0.5, 0.6) is 5.75 Å². The number of fused-ring (bicyclic) bond motifs is 1. The molecule has 4 rings (SSSR count). The van der Waals surface area contributed by atoms with Crippen LogP contribution in [0.3, 0.4) is 0 Å². The molecule has 26 heavy (non-hydrogen) atoms. The van der Waals surface area contributed by atoms with Crippen LogP contribution in [0.2, 0.25) is 0 Å². The van der Waals surface area contributed by atoms with E-state index in [1.165, 1.54) is 0 Å². The van der Waals surface area contributed by atoms with Gasteiger partial charge in [-0.2, -0.15) is 4.98 Å². The molecule has 0 radical (unpaired) electrons. The van der Waals surface area contributed by atoms with E-state index >= 15 is 0 Å². The van der Waals surface area contributed by atoms with E-state index < -0.39 is 0 Å². The third kappa shape index (κ3) is 2.77. The molecule has 0 saturated heterocycles. The Balaban J connectivity index is 1.64. The first kappa shape index (κ1) is 15.8. The van der Waals surface area contributed by atoms with E-state index in [4.69, 9.17) is 9.15 Å². The summed E-state index contributed by atoms with van der Waals surface area (Å²) in [5, 5.41) is 10.1. The van der Waals surface area contributed by atoms with Crippen molar-refractivity contribution < 1.29 is 13.9 Å². The maximum atomic E-state index is 12.7. The molecule has 0 aliphatic rings. The summed E-state index contributed by atoms with van der Waals surface area (Å²) >= 11 is 0. The molecule has 0 unspecified atom stereocenters. The fourth-order valence-electron chi connectivity index (χ4n) is 2.71. The molecule has 0 saturated carbocycles. The first-order valence-electron chi connectivity index (χ1n) is 7.88. The fraction of sp³-hybridized carbons (Fsp3) is 0.111. The highest BCUT2D eigenvalue weighted by atomic mass is 16.5. The number of aromatic nitrogens is 4. The summed E-state index contributed by atoms with van der Waals surface area (Å²) in [6.07, 6.45) is 1.66. The van der Waals surface area contributed by atoms with E-state index in [-0.39, 0.29) is 11.9 Å². The summed E-state index contributed by atoms with van der Waals surface area (Å²) in [5.74, 6) is 1.42. The fourth-order valence-corrected chi connectivity index (χ4v) is 2.71. The minimum absolute atomic E-state index is 0.160. The van der Waals surface area contributed by atoms with Crippen LogP contribution < -0.4 is 10.1 Å². The molecule has 1 amide bonds. The lowest BCUT2D eigenvalue weighted by Gasteiger charge is -2.01. The molecule has 8 heteroatoms. The number of benzene rings is 1. The predicted molar refractivity (Wildman–Crippen MR) is 95.1 cm³/mol. The van der Waals surface area contributed by atoms with Gasteiger partial charge in [-0.3, -0.25) is 20.2 Å². The number of nitrogens with zero attached hydrogens (tertiary/aromatic N) is 3. The molecular weight excluding hydrogens is 334 g/mol. The first-order chi connectivity index (χ1) is 12.7. The van der Waals surface area contributed by atoms with Crippen LogP contribution in [0.4, 0.5) is 5.95 Å². The number of nitrogens with one attached hydrogen (secondary N) is 2. The van der Waals surface area contributed by atoms with Crippen molar-refractivity contribution in [2.75, 3.05) is 12.4 Å². The third-order valence-corrected chi connectivity index (χ3v) is 3.92. The van der Waals surface area contributed by atoms with Crippen LogP contribution in [0.1, 0.15) is 16.1 Å². The topological polar surface area (TPSA) is 106 Å². The molecule has 4 aromatic rings.